The molecule has 0 aromatic heterocycles. The second-order valence-corrected chi connectivity index (χ2v) is 2.88. The molecule has 0 saturated carbocycles. The maximum absolute atomic E-state index is 9.35. The van der Waals surface area contributed by atoms with Gasteiger partial charge in [0, 0.05) is 12.5 Å². The maximum atomic E-state index is 9.35. The third-order valence-corrected chi connectivity index (χ3v) is 1.96. The van der Waals surface area contributed by atoms with Crippen LogP contribution in [0.25, 0.3) is 0 Å². The summed E-state index contributed by atoms with van der Waals surface area (Å²) in [4.78, 5) is 0. The van der Waals surface area contributed by atoms with E-state index in [1.54, 1.807) is 0 Å². The van der Waals surface area contributed by atoms with Crippen molar-refractivity contribution in [3.05, 3.63) is 12.2 Å². The van der Waals surface area contributed by atoms with Crippen molar-refractivity contribution in [3.8, 4) is 0 Å². The molecule has 0 spiro atoms. The van der Waals surface area contributed by atoms with Crippen molar-refractivity contribution in [1.29, 1.82) is 0 Å². The Morgan fingerprint density at radius 3 is 2.80 bits per heavy atom. The van der Waals surface area contributed by atoms with Crippen LogP contribution in [0.5, 0.6) is 0 Å². The Morgan fingerprint density at radius 1 is 1.70 bits per heavy atom. The van der Waals surface area contributed by atoms with E-state index in [1.165, 1.54) is 0 Å². The van der Waals surface area contributed by atoms with Gasteiger partial charge in [-0.15, -0.1) is 0 Å². The molecule has 0 aromatic rings. The van der Waals surface area contributed by atoms with Crippen molar-refractivity contribution in [2.24, 2.45) is 5.92 Å². The first-order chi connectivity index (χ1) is 4.72. The SMILES string of the molecule is C=C(C)[C@@H]1CCOC[C@@H]1O. The van der Waals surface area contributed by atoms with Gasteiger partial charge in [0.25, 0.3) is 0 Å². The number of hydrogen-bond donors (Lipinski definition) is 1. The summed E-state index contributed by atoms with van der Waals surface area (Å²) in [5.41, 5.74) is 1.07. The highest BCUT2D eigenvalue weighted by molar-refractivity contribution is 5.00. The topological polar surface area (TPSA) is 29.5 Å². The Morgan fingerprint density at radius 2 is 2.40 bits per heavy atom. The molecule has 1 aliphatic rings. The molecule has 1 heterocycles. The van der Waals surface area contributed by atoms with Crippen molar-refractivity contribution < 1.29 is 9.84 Å². The van der Waals surface area contributed by atoms with E-state index in [-0.39, 0.29) is 12.0 Å². The maximum Gasteiger partial charge on any atom is 0.0839 e. The van der Waals surface area contributed by atoms with Gasteiger partial charge in [0.1, 0.15) is 0 Å². The Bertz CT molecular complexity index is 131. The van der Waals surface area contributed by atoms with Gasteiger partial charge in [-0.1, -0.05) is 12.2 Å². The van der Waals surface area contributed by atoms with E-state index in [2.05, 4.69) is 6.58 Å². The van der Waals surface area contributed by atoms with E-state index in [0.29, 0.717) is 6.61 Å². The van der Waals surface area contributed by atoms with Gasteiger partial charge in [0.05, 0.1) is 12.7 Å². The summed E-state index contributed by atoms with van der Waals surface area (Å²) >= 11 is 0. The zero-order valence-electron chi connectivity index (χ0n) is 6.34. The Hall–Kier alpha value is -0.340. The minimum Gasteiger partial charge on any atom is -0.390 e. The van der Waals surface area contributed by atoms with Crippen LogP contribution in [0.3, 0.4) is 0 Å². The van der Waals surface area contributed by atoms with Gasteiger partial charge < -0.3 is 9.84 Å². The molecule has 0 radical (unpaired) electrons. The monoisotopic (exact) mass is 142 g/mol. The van der Waals surface area contributed by atoms with Crippen LogP contribution in [-0.2, 0) is 4.74 Å². The summed E-state index contributed by atoms with van der Waals surface area (Å²) in [6.07, 6.45) is 0.586. The first-order valence-corrected chi connectivity index (χ1v) is 3.63. The average Bonchev–Trinajstić information content (AvgIpc) is 1.88. The van der Waals surface area contributed by atoms with Gasteiger partial charge in [0.15, 0.2) is 0 Å². The zero-order chi connectivity index (χ0) is 7.56. The number of aliphatic hydroxyl groups is 1. The molecular weight excluding hydrogens is 128 g/mol. The molecule has 0 bridgehead atoms. The summed E-state index contributed by atoms with van der Waals surface area (Å²) in [7, 11) is 0. The summed E-state index contributed by atoms with van der Waals surface area (Å²) < 4.78 is 5.07. The largest absolute Gasteiger partial charge is 0.390 e. The van der Waals surface area contributed by atoms with Gasteiger partial charge in [-0.2, -0.15) is 0 Å². The van der Waals surface area contributed by atoms with Gasteiger partial charge in [-0.3, -0.25) is 0 Å². The van der Waals surface area contributed by atoms with E-state index < -0.39 is 0 Å². The van der Waals surface area contributed by atoms with Crippen LogP contribution in [0.15, 0.2) is 12.2 Å². The third kappa shape index (κ3) is 1.58. The lowest BCUT2D eigenvalue weighted by Gasteiger charge is -2.27. The van der Waals surface area contributed by atoms with Crippen LogP contribution >= 0.6 is 0 Å². The van der Waals surface area contributed by atoms with Crippen molar-refractivity contribution in [2.45, 2.75) is 19.4 Å². The number of ether oxygens (including phenoxy) is 1. The Kier molecular flexibility index (Phi) is 2.46. The van der Waals surface area contributed by atoms with E-state index in [9.17, 15) is 5.11 Å². The van der Waals surface area contributed by atoms with Crippen LogP contribution in [0.1, 0.15) is 13.3 Å². The van der Waals surface area contributed by atoms with Gasteiger partial charge in [-0.05, 0) is 13.3 Å². The second-order valence-electron chi connectivity index (χ2n) is 2.88. The molecule has 0 aromatic carbocycles. The molecule has 2 heteroatoms. The molecule has 0 amide bonds. The first-order valence-electron chi connectivity index (χ1n) is 3.63. The molecule has 2 nitrogen and oxygen atoms in total. The predicted molar refractivity (Wildman–Crippen MR) is 39.7 cm³/mol. The number of rotatable bonds is 1. The van der Waals surface area contributed by atoms with Gasteiger partial charge >= 0.3 is 0 Å². The summed E-state index contributed by atoms with van der Waals surface area (Å²) in [5, 5.41) is 9.35. The molecule has 0 aliphatic carbocycles. The zero-order valence-corrected chi connectivity index (χ0v) is 6.34. The van der Waals surface area contributed by atoms with Crippen molar-refractivity contribution in [2.75, 3.05) is 13.2 Å². The van der Waals surface area contributed by atoms with E-state index in [0.717, 1.165) is 18.6 Å². The minimum absolute atomic E-state index is 0.258. The summed E-state index contributed by atoms with van der Waals surface area (Å²) in [6, 6.07) is 0. The number of aliphatic hydroxyl groups excluding tert-OH is 1. The molecule has 1 rings (SSSR count). The Labute approximate surface area is 61.5 Å². The highest BCUT2D eigenvalue weighted by Crippen LogP contribution is 2.21. The van der Waals surface area contributed by atoms with Crippen molar-refractivity contribution >= 4 is 0 Å². The Balaban J connectivity index is 2.47. The molecule has 1 saturated heterocycles. The highest BCUT2D eigenvalue weighted by atomic mass is 16.5. The van der Waals surface area contributed by atoms with Gasteiger partial charge in [0.2, 0.25) is 0 Å². The van der Waals surface area contributed by atoms with E-state index >= 15 is 0 Å². The minimum atomic E-state index is -0.328. The standard InChI is InChI=1S/C8H14O2/c1-6(2)7-3-4-10-5-8(7)9/h7-9H,1,3-5H2,2H3/t7-,8-/m0/s1. The molecule has 1 aliphatic heterocycles. The third-order valence-electron chi connectivity index (χ3n) is 1.96. The fourth-order valence-electron chi connectivity index (χ4n) is 1.30. The quantitative estimate of drug-likeness (QED) is 0.552. The smallest absolute Gasteiger partial charge is 0.0839 e. The van der Waals surface area contributed by atoms with E-state index in [1.807, 2.05) is 6.92 Å². The number of hydrogen-bond acceptors (Lipinski definition) is 2. The first kappa shape index (κ1) is 7.76. The fraction of sp³-hybridized carbons (Fsp3) is 0.750. The molecule has 1 N–H and O–H groups in total. The lowest BCUT2D eigenvalue weighted by molar-refractivity contribution is -0.0327. The molecule has 0 unspecified atom stereocenters. The van der Waals surface area contributed by atoms with Crippen LogP contribution in [0, 0.1) is 5.92 Å². The van der Waals surface area contributed by atoms with E-state index in [4.69, 9.17) is 4.74 Å². The van der Waals surface area contributed by atoms with Crippen LogP contribution in [0.4, 0.5) is 0 Å². The second kappa shape index (κ2) is 3.17. The van der Waals surface area contributed by atoms with Crippen LogP contribution in [0.2, 0.25) is 0 Å². The molecule has 2 atom stereocenters. The normalized spacial score (nSPS) is 33.8. The predicted octanol–water partition coefficient (Wildman–Crippen LogP) is 0.960. The molecule has 10 heavy (non-hydrogen) atoms. The fourth-order valence-corrected chi connectivity index (χ4v) is 1.30. The summed E-state index contributed by atoms with van der Waals surface area (Å²) in [6.45, 7) is 7.00. The highest BCUT2D eigenvalue weighted by Gasteiger charge is 2.23. The van der Waals surface area contributed by atoms with Crippen molar-refractivity contribution in [3.63, 3.8) is 0 Å². The molecular formula is C8H14O2. The summed E-state index contributed by atoms with van der Waals surface area (Å²) in [5.74, 6) is 0.258. The van der Waals surface area contributed by atoms with Crippen molar-refractivity contribution in [1.82, 2.24) is 0 Å². The van der Waals surface area contributed by atoms with Gasteiger partial charge in [-0.25, -0.2) is 0 Å². The average molecular weight is 142 g/mol. The lowest BCUT2D eigenvalue weighted by Crippen LogP contribution is -2.32. The van der Waals surface area contributed by atoms with Crippen LogP contribution < -0.4 is 0 Å². The lowest BCUT2D eigenvalue weighted by atomic mass is 9.91. The van der Waals surface area contributed by atoms with Crippen LogP contribution in [-0.4, -0.2) is 24.4 Å². The molecule has 58 valence electrons. The molecule has 1 fully saturated rings.